The third-order valence-corrected chi connectivity index (χ3v) is 5.06. The van der Waals surface area contributed by atoms with Crippen molar-refractivity contribution in [1.29, 1.82) is 0 Å². The van der Waals surface area contributed by atoms with E-state index < -0.39 is 24.5 Å². The number of carbonyl (C=O) groups excluding carboxylic acids is 1. The maximum Gasteiger partial charge on any atom is 0.468 e. The summed E-state index contributed by atoms with van der Waals surface area (Å²) in [5.74, 6) is -0.733. The van der Waals surface area contributed by atoms with E-state index in [0.717, 1.165) is 5.56 Å². The van der Waals surface area contributed by atoms with Crippen LogP contribution in [-0.2, 0) is 14.4 Å². The Morgan fingerprint density at radius 3 is 2.62 bits per heavy atom. The average molecular weight is 452 g/mol. The number of carbonyl (C=O) groups is 1. The summed E-state index contributed by atoms with van der Waals surface area (Å²) in [5, 5.41) is 5.31. The number of ether oxygens (including phenoxy) is 3. The fraction of sp³-hybridized carbons (Fsp3) is 0.333. The molecule has 5 rings (SSSR count). The number of hydroxylamine groups is 1. The molecule has 0 radical (unpaired) electrons. The molecule has 2 unspecified atom stereocenters. The van der Waals surface area contributed by atoms with E-state index in [4.69, 9.17) is 19.1 Å². The van der Waals surface area contributed by atoms with Crippen LogP contribution in [0.2, 0.25) is 0 Å². The highest BCUT2D eigenvalue weighted by Gasteiger charge is 2.49. The van der Waals surface area contributed by atoms with E-state index in [2.05, 4.69) is 9.89 Å². The smallest absolute Gasteiger partial charge is 0.464 e. The maximum atomic E-state index is 13.6. The Labute approximate surface area is 181 Å². The number of fused-ring (bicyclic) bond motifs is 4. The number of hydrogen-bond acceptors (Lipinski definition) is 8. The molecule has 2 aromatic rings. The number of alkyl halides is 3. The molecule has 0 saturated heterocycles. The lowest BCUT2D eigenvalue weighted by Crippen LogP contribution is -2.43. The molecule has 2 aromatic carbocycles. The fourth-order valence-electron chi connectivity index (χ4n) is 3.49. The molecule has 0 spiro atoms. The van der Waals surface area contributed by atoms with Gasteiger partial charge in [0.05, 0.1) is 24.4 Å². The molecule has 2 atom stereocenters. The lowest BCUT2D eigenvalue weighted by Gasteiger charge is -2.37. The van der Waals surface area contributed by atoms with E-state index in [9.17, 15) is 18.0 Å². The van der Waals surface area contributed by atoms with Crippen molar-refractivity contribution in [2.24, 2.45) is 5.16 Å². The zero-order valence-corrected chi connectivity index (χ0v) is 17.5. The first kappa shape index (κ1) is 21.6. The van der Waals surface area contributed by atoms with Crippen LogP contribution in [0.15, 0.2) is 35.5 Å². The summed E-state index contributed by atoms with van der Waals surface area (Å²) in [7, 11) is 2.53. The van der Waals surface area contributed by atoms with Crippen molar-refractivity contribution < 1.29 is 41.9 Å². The van der Waals surface area contributed by atoms with Gasteiger partial charge in [-0.2, -0.15) is 13.2 Å². The highest BCUT2D eigenvalue weighted by atomic mass is 19.3. The van der Waals surface area contributed by atoms with E-state index in [-0.39, 0.29) is 17.2 Å². The monoisotopic (exact) mass is 452 g/mol. The molecular formula is C21H19F3N2O6. The minimum atomic E-state index is -4.06. The molecule has 3 aliphatic rings. The summed E-state index contributed by atoms with van der Waals surface area (Å²) in [6.07, 6.45) is -6.98. The molecule has 3 heterocycles. The van der Waals surface area contributed by atoms with Gasteiger partial charge in [-0.15, -0.1) is 0 Å². The molecule has 0 saturated carbocycles. The van der Waals surface area contributed by atoms with Gasteiger partial charge in [0.25, 0.3) is 0 Å². The van der Waals surface area contributed by atoms with Gasteiger partial charge in [-0.25, -0.2) is 9.86 Å². The van der Waals surface area contributed by atoms with Crippen LogP contribution < -0.4 is 19.4 Å². The van der Waals surface area contributed by atoms with Crippen molar-refractivity contribution in [1.82, 2.24) is 0 Å². The number of anilines is 1. The van der Waals surface area contributed by atoms with Crippen LogP contribution in [0.5, 0.6) is 17.2 Å². The first-order valence-corrected chi connectivity index (χ1v) is 9.49. The van der Waals surface area contributed by atoms with Crippen molar-refractivity contribution >= 4 is 17.4 Å². The third-order valence-electron chi connectivity index (χ3n) is 5.06. The summed E-state index contributed by atoms with van der Waals surface area (Å²) in [5.41, 5.74) is 2.26. The van der Waals surface area contributed by atoms with Crippen molar-refractivity contribution in [2.75, 3.05) is 19.3 Å². The zero-order chi connectivity index (χ0) is 23.2. The number of benzene rings is 2. The number of methoxy groups -OCH3 is 1. The minimum absolute atomic E-state index is 0.0588. The topological polar surface area (TPSA) is 78.8 Å². The highest BCUT2D eigenvalue weighted by Crippen LogP contribution is 2.44. The van der Waals surface area contributed by atoms with Gasteiger partial charge < -0.3 is 23.9 Å². The molecule has 170 valence electrons. The van der Waals surface area contributed by atoms with Crippen LogP contribution in [0.3, 0.4) is 0 Å². The molecule has 0 N–H and O–H groups in total. The van der Waals surface area contributed by atoms with Crippen LogP contribution in [0, 0.1) is 6.92 Å². The second-order valence-electron chi connectivity index (χ2n) is 7.15. The molecule has 32 heavy (non-hydrogen) atoms. The number of oxime groups is 1. The first-order chi connectivity index (χ1) is 15.2. The molecule has 0 fully saturated rings. The van der Waals surface area contributed by atoms with E-state index in [1.807, 2.05) is 6.07 Å². The lowest BCUT2D eigenvalue weighted by molar-refractivity contribution is -0.281. The summed E-state index contributed by atoms with van der Waals surface area (Å²) in [6.45, 7) is 3.60. The Kier molecular flexibility index (Phi) is 5.27. The molecule has 0 aliphatic carbocycles. The van der Waals surface area contributed by atoms with Gasteiger partial charge in [0.15, 0.2) is 23.0 Å². The lowest BCUT2D eigenvalue weighted by atomic mass is 10.0. The second-order valence-corrected chi connectivity index (χ2v) is 7.15. The summed E-state index contributed by atoms with van der Waals surface area (Å²) in [6, 6.07) is 7.32. The van der Waals surface area contributed by atoms with Gasteiger partial charge >= 0.3 is 18.4 Å². The Bertz CT molecular complexity index is 1110. The quantitative estimate of drug-likeness (QED) is 0.385. The number of esters is 1. The SMILES string of the molecule is CON=C(C(=O)OC)c1cc2cc(C)c1ON2C(C)c1ccc2c(c1)OC(F)C(F)(F)O2. The normalized spacial score (nSPS) is 19.3. The predicted octanol–water partition coefficient (Wildman–Crippen LogP) is 4.05. The van der Waals surface area contributed by atoms with Crippen molar-refractivity contribution in [3.05, 3.63) is 47.0 Å². The Hall–Kier alpha value is -3.63. The maximum absolute atomic E-state index is 13.6. The third kappa shape index (κ3) is 3.53. The number of halogens is 3. The number of aryl methyl sites for hydroxylation is 1. The minimum Gasteiger partial charge on any atom is -0.464 e. The largest absolute Gasteiger partial charge is 0.468 e. The predicted molar refractivity (Wildman–Crippen MR) is 106 cm³/mol. The zero-order valence-electron chi connectivity index (χ0n) is 17.5. The standard InChI is InChI=1S/C21H19F3N2O6/c1-10-7-13-9-14(17(25-29-4)19(27)28-3)18(10)32-26(13)11(2)12-5-6-15-16(8-12)30-20(22)21(23,24)31-15/h5-9,11,20H,1-4H3. The molecule has 11 heteroatoms. The van der Waals surface area contributed by atoms with Crippen molar-refractivity contribution in [3.63, 3.8) is 0 Å². The fourth-order valence-corrected chi connectivity index (χ4v) is 3.49. The van der Waals surface area contributed by atoms with E-state index in [1.165, 1.54) is 26.4 Å². The van der Waals surface area contributed by atoms with E-state index in [1.54, 1.807) is 31.0 Å². The Morgan fingerprint density at radius 1 is 1.22 bits per heavy atom. The Morgan fingerprint density at radius 2 is 1.97 bits per heavy atom. The van der Waals surface area contributed by atoms with Gasteiger partial charge in [-0.05, 0) is 49.2 Å². The first-order valence-electron chi connectivity index (χ1n) is 9.49. The molecule has 3 aliphatic heterocycles. The van der Waals surface area contributed by atoms with Crippen LogP contribution in [0.4, 0.5) is 18.9 Å². The average Bonchev–Trinajstić information content (AvgIpc) is 2.76. The molecule has 0 aromatic heterocycles. The van der Waals surface area contributed by atoms with E-state index in [0.29, 0.717) is 22.6 Å². The van der Waals surface area contributed by atoms with Gasteiger partial charge in [0.1, 0.15) is 7.11 Å². The van der Waals surface area contributed by atoms with Crippen molar-refractivity contribution in [2.45, 2.75) is 32.4 Å². The molecule has 8 nitrogen and oxygen atoms in total. The number of hydrogen-bond donors (Lipinski definition) is 0. The number of rotatable bonds is 5. The Balaban J connectivity index is 1.66. The van der Waals surface area contributed by atoms with Gasteiger partial charge in [0.2, 0.25) is 0 Å². The summed E-state index contributed by atoms with van der Waals surface area (Å²) in [4.78, 5) is 22.9. The van der Waals surface area contributed by atoms with Crippen LogP contribution in [0.25, 0.3) is 0 Å². The molecule has 2 bridgehead atoms. The van der Waals surface area contributed by atoms with E-state index >= 15 is 0 Å². The summed E-state index contributed by atoms with van der Waals surface area (Å²) < 4.78 is 54.2. The number of nitrogens with zero attached hydrogens (tertiary/aromatic N) is 2. The van der Waals surface area contributed by atoms with Crippen LogP contribution >= 0.6 is 0 Å². The molecule has 0 amide bonds. The molecular weight excluding hydrogens is 433 g/mol. The summed E-state index contributed by atoms with van der Waals surface area (Å²) >= 11 is 0. The van der Waals surface area contributed by atoms with Crippen LogP contribution in [0.1, 0.15) is 29.7 Å². The van der Waals surface area contributed by atoms with Gasteiger partial charge in [-0.3, -0.25) is 0 Å². The van der Waals surface area contributed by atoms with Gasteiger partial charge in [-0.1, -0.05) is 11.2 Å². The second kappa shape index (κ2) is 7.81. The van der Waals surface area contributed by atoms with Crippen LogP contribution in [-0.4, -0.2) is 38.4 Å². The van der Waals surface area contributed by atoms with Crippen molar-refractivity contribution in [3.8, 4) is 17.2 Å². The van der Waals surface area contributed by atoms with Gasteiger partial charge in [0, 0.05) is 0 Å². The highest BCUT2D eigenvalue weighted by molar-refractivity contribution is 6.44.